The number of rotatable bonds is 4. The fraction of sp³-hybridized carbons (Fsp3) is 0.188. The van der Waals surface area contributed by atoms with Crippen LogP contribution in [0.2, 0.25) is 10.0 Å². The number of ether oxygens (including phenoxy) is 1. The molecule has 1 aromatic carbocycles. The molecule has 3 rings (SSSR count). The van der Waals surface area contributed by atoms with Crippen LogP contribution in [0.4, 0.5) is 0 Å². The second-order valence-electron chi connectivity index (χ2n) is 4.83. The first-order chi connectivity index (χ1) is 11.1. The molecule has 0 saturated carbocycles. The van der Waals surface area contributed by atoms with Crippen LogP contribution in [0.5, 0.6) is 0 Å². The van der Waals surface area contributed by atoms with Gasteiger partial charge in [0.2, 0.25) is 0 Å². The monoisotopic (exact) mass is 349 g/mol. The lowest BCUT2D eigenvalue weighted by Gasteiger charge is -2.08. The summed E-state index contributed by atoms with van der Waals surface area (Å²) < 4.78 is 6.75. The van der Waals surface area contributed by atoms with Crippen LogP contribution in [0.25, 0.3) is 22.6 Å². The van der Waals surface area contributed by atoms with Crippen molar-refractivity contribution in [1.82, 2.24) is 14.5 Å². The highest BCUT2D eigenvalue weighted by atomic mass is 35.5. The van der Waals surface area contributed by atoms with Crippen LogP contribution in [0, 0.1) is 0 Å². The number of aromatic nitrogens is 3. The maximum atomic E-state index is 11.9. The highest BCUT2D eigenvalue weighted by Gasteiger charge is 2.17. The third kappa shape index (κ3) is 3.30. The summed E-state index contributed by atoms with van der Waals surface area (Å²) in [6.07, 6.45) is 1.53. The minimum atomic E-state index is -0.348. The minimum Gasteiger partial charge on any atom is -0.465 e. The first-order valence-electron chi connectivity index (χ1n) is 7.02. The standard InChI is InChI=1S/C16H13Cl2N3O2/c1-2-23-14(22)9-21-15(10-3-5-11(17)6-4-10)20-13-7-12(18)8-19-16(13)21/h3-8H,2,9H2,1H3. The van der Waals surface area contributed by atoms with Gasteiger partial charge < -0.3 is 4.74 Å². The molecule has 0 atom stereocenters. The fourth-order valence-electron chi connectivity index (χ4n) is 2.29. The number of nitrogens with zero attached hydrogens (tertiary/aromatic N) is 3. The zero-order valence-corrected chi connectivity index (χ0v) is 13.8. The van der Waals surface area contributed by atoms with Gasteiger partial charge >= 0.3 is 5.97 Å². The van der Waals surface area contributed by atoms with Gasteiger partial charge in [0.25, 0.3) is 0 Å². The lowest BCUT2D eigenvalue weighted by molar-refractivity contribution is -0.143. The molecule has 2 heterocycles. The van der Waals surface area contributed by atoms with Crippen LogP contribution in [0.3, 0.4) is 0 Å². The maximum absolute atomic E-state index is 11.9. The Balaban J connectivity index is 2.14. The number of fused-ring (bicyclic) bond motifs is 1. The number of imidazole rings is 1. The van der Waals surface area contributed by atoms with E-state index in [4.69, 9.17) is 27.9 Å². The number of halogens is 2. The van der Waals surface area contributed by atoms with E-state index in [0.29, 0.717) is 33.6 Å². The molecule has 0 aliphatic rings. The van der Waals surface area contributed by atoms with Crippen LogP contribution in [0.15, 0.2) is 36.5 Å². The van der Waals surface area contributed by atoms with Crippen molar-refractivity contribution in [1.29, 1.82) is 0 Å². The second kappa shape index (κ2) is 6.56. The first kappa shape index (κ1) is 15.8. The molecular weight excluding hydrogens is 337 g/mol. The van der Waals surface area contributed by atoms with Gasteiger partial charge in [-0.3, -0.25) is 9.36 Å². The van der Waals surface area contributed by atoms with Crippen LogP contribution < -0.4 is 0 Å². The van der Waals surface area contributed by atoms with Crippen molar-refractivity contribution in [3.05, 3.63) is 46.6 Å². The number of hydrogen-bond acceptors (Lipinski definition) is 4. The first-order valence-corrected chi connectivity index (χ1v) is 7.77. The zero-order chi connectivity index (χ0) is 16.4. The summed E-state index contributed by atoms with van der Waals surface area (Å²) in [6, 6.07) is 8.93. The Morgan fingerprint density at radius 1 is 1.22 bits per heavy atom. The highest BCUT2D eigenvalue weighted by Crippen LogP contribution is 2.26. The lowest BCUT2D eigenvalue weighted by atomic mass is 10.2. The number of pyridine rings is 1. The number of hydrogen-bond donors (Lipinski definition) is 0. The van der Waals surface area contributed by atoms with Crippen LogP contribution in [0.1, 0.15) is 6.92 Å². The van der Waals surface area contributed by atoms with Crippen molar-refractivity contribution < 1.29 is 9.53 Å². The molecule has 3 aromatic rings. The molecule has 2 aromatic heterocycles. The summed E-state index contributed by atoms with van der Waals surface area (Å²) in [7, 11) is 0. The van der Waals surface area contributed by atoms with Gasteiger partial charge in [0, 0.05) is 16.8 Å². The summed E-state index contributed by atoms with van der Waals surface area (Å²) in [4.78, 5) is 20.8. The average Bonchev–Trinajstić information content (AvgIpc) is 2.86. The quantitative estimate of drug-likeness (QED) is 0.668. The molecule has 0 radical (unpaired) electrons. The molecule has 7 heteroatoms. The van der Waals surface area contributed by atoms with E-state index in [9.17, 15) is 4.79 Å². The largest absolute Gasteiger partial charge is 0.465 e. The molecule has 5 nitrogen and oxygen atoms in total. The summed E-state index contributed by atoms with van der Waals surface area (Å²) in [5.74, 6) is 0.262. The van der Waals surface area contributed by atoms with Gasteiger partial charge in [0.15, 0.2) is 5.65 Å². The molecule has 0 amide bonds. The Labute approximate surface area is 142 Å². The Morgan fingerprint density at radius 3 is 2.65 bits per heavy atom. The van der Waals surface area contributed by atoms with Gasteiger partial charge in [-0.1, -0.05) is 23.2 Å². The Bertz CT molecular complexity index is 860. The van der Waals surface area contributed by atoms with Crippen molar-refractivity contribution >= 4 is 40.3 Å². The molecule has 0 unspecified atom stereocenters. The molecular formula is C16H13Cl2N3O2. The highest BCUT2D eigenvalue weighted by molar-refractivity contribution is 6.31. The third-order valence-electron chi connectivity index (χ3n) is 3.25. The number of carbonyl (C=O) groups excluding carboxylic acids is 1. The van der Waals surface area contributed by atoms with Crippen molar-refractivity contribution in [3.63, 3.8) is 0 Å². The van der Waals surface area contributed by atoms with E-state index in [1.807, 2.05) is 12.1 Å². The maximum Gasteiger partial charge on any atom is 0.326 e. The topological polar surface area (TPSA) is 57.0 Å². The molecule has 0 bridgehead atoms. The number of carbonyl (C=O) groups is 1. The molecule has 0 spiro atoms. The van der Waals surface area contributed by atoms with E-state index >= 15 is 0 Å². The van der Waals surface area contributed by atoms with E-state index < -0.39 is 0 Å². The van der Waals surface area contributed by atoms with E-state index in [1.54, 1.807) is 29.7 Å². The normalized spacial score (nSPS) is 10.9. The van der Waals surface area contributed by atoms with E-state index in [2.05, 4.69) is 9.97 Å². The predicted octanol–water partition coefficient (Wildman–Crippen LogP) is 3.97. The van der Waals surface area contributed by atoms with Crippen LogP contribution in [-0.2, 0) is 16.1 Å². The van der Waals surface area contributed by atoms with Gasteiger partial charge in [0.05, 0.1) is 11.6 Å². The molecule has 0 N–H and O–H groups in total. The predicted molar refractivity (Wildman–Crippen MR) is 89.6 cm³/mol. The summed E-state index contributed by atoms with van der Waals surface area (Å²) in [5, 5.41) is 1.11. The van der Waals surface area contributed by atoms with E-state index in [1.165, 1.54) is 6.20 Å². The summed E-state index contributed by atoms with van der Waals surface area (Å²) >= 11 is 11.9. The molecule has 0 aliphatic heterocycles. The van der Waals surface area contributed by atoms with Crippen LogP contribution >= 0.6 is 23.2 Å². The van der Waals surface area contributed by atoms with Gasteiger partial charge in [-0.25, -0.2) is 9.97 Å². The summed E-state index contributed by atoms with van der Waals surface area (Å²) in [6.45, 7) is 2.11. The third-order valence-corrected chi connectivity index (χ3v) is 3.71. The van der Waals surface area contributed by atoms with E-state index in [0.717, 1.165) is 5.56 Å². The van der Waals surface area contributed by atoms with Gasteiger partial charge in [0.1, 0.15) is 17.9 Å². The molecule has 23 heavy (non-hydrogen) atoms. The van der Waals surface area contributed by atoms with Gasteiger partial charge in [-0.2, -0.15) is 0 Å². The smallest absolute Gasteiger partial charge is 0.326 e. The molecule has 118 valence electrons. The van der Waals surface area contributed by atoms with Crippen molar-refractivity contribution in [2.45, 2.75) is 13.5 Å². The number of benzene rings is 1. The summed E-state index contributed by atoms with van der Waals surface area (Å²) in [5.41, 5.74) is 2.02. The Morgan fingerprint density at radius 2 is 1.96 bits per heavy atom. The van der Waals surface area contributed by atoms with Gasteiger partial charge in [-0.15, -0.1) is 0 Å². The minimum absolute atomic E-state index is 0.0247. The molecule has 0 saturated heterocycles. The van der Waals surface area contributed by atoms with Gasteiger partial charge in [-0.05, 0) is 37.3 Å². The van der Waals surface area contributed by atoms with Crippen molar-refractivity contribution in [2.75, 3.05) is 6.61 Å². The SMILES string of the molecule is CCOC(=O)Cn1c(-c2ccc(Cl)cc2)nc2cc(Cl)cnc21. The molecule has 0 aliphatic carbocycles. The Kier molecular flexibility index (Phi) is 4.50. The molecule has 0 fully saturated rings. The van der Waals surface area contributed by atoms with Crippen LogP contribution in [-0.4, -0.2) is 27.1 Å². The van der Waals surface area contributed by atoms with Crippen molar-refractivity contribution in [2.24, 2.45) is 0 Å². The average molecular weight is 350 g/mol. The lowest BCUT2D eigenvalue weighted by Crippen LogP contribution is -2.14. The van der Waals surface area contributed by atoms with E-state index in [-0.39, 0.29) is 12.5 Å². The zero-order valence-electron chi connectivity index (χ0n) is 12.3. The number of esters is 1. The second-order valence-corrected chi connectivity index (χ2v) is 5.70. The van der Waals surface area contributed by atoms with Crippen molar-refractivity contribution in [3.8, 4) is 11.4 Å². The fourth-order valence-corrected chi connectivity index (χ4v) is 2.57. The Hall–Kier alpha value is -2.11.